The van der Waals surface area contributed by atoms with Gasteiger partial charge in [-0.3, -0.25) is 0 Å². The highest BCUT2D eigenvalue weighted by molar-refractivity contribution is 6.13. The molecule has 3 heteroatoms. The van der Waals surface area contributed by atoms with Crippen LogP contribution in [0.1, 0.15) is 0 Å². The number of hydrogen-bond acceptors (Lipinski definition) is 2. The third-order valence-electron chi connectivity index (χ3n) is 13.2. The average molecular weight is 829 g/mol. The van der Waals surface area contributed by atoms with Crippen LogP contribution in [0.3, 0.4) is 0 Å². The molecule has 304 valence electrons. The molecule has 0 atom stereocenters. The van der Waals surface area contributed by atoms with E-state index in [0.29, 0.717) is 0 Å². The molecule has 2 aromatic heterocycles. The van der Waals surface area contributed by atoms with E-state index >= 15 is 0 Å². The Morgan fingerprint density at radius 2 is 0.846 bits per heavy atom. The van der Waals surface area contributed by atoms with Gasteiger partial charge in [0.15, 0.2) is 0 Å². The van der Waals surface area contributed by atoms with Gasteiger partial charge >= 0.3 is 0 Å². The summed E-state index contributed by atoms with van der Waals surface area (Å²) in [6.07, 6.45) is 0. The molecular weight excluding hydrogens is 789 g/mol. The Hall–Kier alpha value is -8.66. The highest BCUT2D eigenvalue weighted by Gasteiger charge is 2.20. The number of para-hydroxylation sites is 5. The minimum Gasteiger partial charge on any atom is -0.456 e. The van der Waals surface area contributed by atoms with Crippen LogP contribution in [-0.4, -0.2) is 4.57 Å². The van der Waals surface area contributed by atoms with Crippen molar-refractivity contribution in [2.24, 2.45) is 0 Å². The minimum absolute atomic E-state index is 0.895. The molecule has 13 aromatic rings. The van der Waals surface area contributed by atoms with Crippen LogP contribution in [-0.2, 0) is 0 Å². The largest absolute Gasteiger partial charge is 0.456 e. The van der Waals surface area contributed by atoms with Gasteiger partial charge in [-0.2, -0.15) is 0 Å². The van der Waals surface area contributed by atoms with E-state index in [1.165, 1.54) is 54.5 Å². The Labute approximate surface area is 376 Å². The van der Waals surface area contributed by atoms with E-state index in [9.17, 15) is 0 Å². The fourth-order valence-corrected chi connectivity index (χ4v) is 10.2. The molecule has 0 fully saturated rings. The van der Waals surface area contributed by atoms with E-state index in [1.54, 1.807) is 0 Å². The Kier molecular flexibility index (Phi) is 8.53. The lowest BCUT2D eigenvalue weighted by molar-refractivity contribution is 0.669. The summed E-state index contributed by atoms with van der Waals surface area (Å²) in [5, 5.41) is 9.77. The van der Waals surface area contributed by atoms with Crippen LogP contribution in [0.5, 0.6) is 0 Å². The molecule has 0 aliphatic rings. The molecule has 2 heterocycles. The van der Waals surface area contributed by atoms with Gasteiger partial charge in [-0.1, -0.05) is 176 Å². The molecule has 3 nitrogen and oxygen atoms in total. The van der Waals surface area contributed by atoms with E-state index in [2.05, 4.69) is 240 Å². The second kappa shape index (κ2) is 15.0. The molecule has 13 rings (SSSR count). The van der Waals surface area contributed by atoms with Crippen LogP contribution < -0.4 is 4.90 Å². The molecule has 65 heavy (non-hydrogen) atoms. The zero-order chi connectivity index (χ0) is 42.8. The Bertz CT molecular complexity index is 3900. The minimum atomic E-state index is 0.895. The number of fused-ring (bicyclic) bond motifs is 9. The molecule has 0 amide bonds. The molecule has 0 radical (unpaired) electrons. The van der Waals surface area contributed by atoms with Crippen LogP contribution in [0.4, 0.5) is 17.1 Å². The van der Waals surface area contributed by atoms with Gasteiger partial charge in [0, 0.05) is 44.0 Å². The molecule has 11 aromatic carbocycles. The quantitative estimate of drug-likeness (QED) is 0.149. The molecule has 0 aliphatic carbocycles. The van der Waals surface area contributed by atoms with Crippen LogP contribution in [0, 0.1) is 0 Å². The lowest BCUT2D eigenvalue weighted by Gasteiger charge is -2.28. The number of furan rings is 1. The number of hydrogen-bond donors (Lipinski definition) is 0. The maximum absolute atomic E-state index is 6.29. The number of rotatable bonds is 7. The third-order valence-corrected chi connectivity index (χ3v) is 13.2. The number of anilines is 3. The van der Waals surface area contributed by atoms with Crippen LogP contribution >= 0.6 is 0 Å². The van der Waals surface area contributed by atoms with E-state index < -0.39 is 0 Å². The van der Waals surface area contributed by atoms with Crippen molar-refractivity contribution >= 4 is 82.4 Å². The van der Waals surface area contributed by atoms with Gasteiger partial charge in [0.25, 0.3) is 0 Å². The second-order valence-electron chi connectivity index (χ2n) is 16.8. The van der Waals surface area contributed by atoms with E-state index in [1.807, 2.05) is 12.1 Å². The Morgan fingerprint density at radius 3 is 1.60 bits per heavy atom. The van der Waals surface area contributed by atoms with Crippen molar-refractivity contribution in [3.05, 3.63) is 243 Å². The number of benzene rings is 11. The van der Waals surface area contributed by atoms with Crippen molar-refractivity contribution in [1.29, 1.82) is 0 Å². The first-order valence-corrected chi connectivity index (χ1v) is 22.2. The molecule has 0 bridgehead atoms. The van der Waals surface area contributed by atoms with Crippen molar-refractivity contribution < 1.29 is 4.42 Å². The molecule has 0 unspecified atom stereocenters. The predicted molar refractivity (Wildman–Crippen MR) is 274 cm³/mol. The summed E-state index contributed by atoms with van der Waals surface area (Å²) in [6, 6.07) is 87.8. The summed E-state index contributed by atoms with van der Waals surface area (Å²) < 4.78 is 8.71. The fraction of sp³-hybridized carbons (Fsp3) is 0. The molecule has 0 spiro atoms. The van der Waals surface area contributed by atoms with Crippen molar-refractivity contribution in [3.8, 4) is 39.1 Å². The first-order chi connectivity index (χ1) is 32.2. The lowest BCUT2D eigenvalue weighted by Crippen LogP contribution is -2.11. The smallest absolute Gasteiger partial charge is 0.136 e. The zero-order valence-electron chi connectivity index (χ0n) is 35.4. The van der Waals surface area contributed by atoms with Gasteiger partial charge in [-0.25, -0.2) is 0 Å². The highest BCUT2D eigenvalue weighted by atomic mass is 16.3. The molecule has 0 saturated carbocycles. The average Bonchev–Trinajstić information content (AvgIpc) is 3.93. The summed E-state index contributed by atoms with van der Waals surface area (Å²) in [7, 11) is 0. The van der Waals surface area contributed by atoms with Crippen molar-refractivity contribution in [2.45, 2.75) is 0 Å². The normalized spacial score (nSPS) is 11.7. The van der Waals surface area contributed by atoms with Crippen LogP contribution in [0.25, 0.3) is 104 Å². The SMILES string of the molecule is c1ccc(N(c2ccc(-c3ccccc3-n3c4ccccc4c4ccccc43)cc2)c2ccc(-c3cccc4oc5ccccc5c34)cc2)c(-c2ccc3c(ccc4ccccc43)c2)c1. The van der Waals surface area contributed by atoms with E-state index in [0.717, 1.165) is 66.9 Å². The number of nitrogens with zero attached hydrogens (tertiary/aromatic N) is 2. The second-order valence-corrected chi connectivity index (χ2v) is 16.8. The Morgan fingerprint density at radius 1 is 0.323 bits per heavy atom. The van der Waals surface area contributed by atoms with Crippen LogP contribution in [0.2, 0.25) is 0 Å². The lowest BCUT2D eigenvalue weighted by atomic mass is 9.95. The van der Waals surface area contributed by atoms with Crippen molar-refractivity contribution in [1.82, 2.24) is 4.57 Å². The highest BCUT2D eigenvalue weighted by Crippen LogP contribution is 2.44. The maximum atomic E-state index is 6.29. The summed E-state index contributed by atoms with van der Waals surface area (Å²) in [6.45, 7) is 0. The van der Waals surface area contributed by atoms with Gasteiger partial charge in [0.05, 0.1) is 22.4 Å². The maximum Gasteiger partial charge on any atom is 0.136 e. The zero-order valence-corrected chi connectivity index (χ0v) is 35.4. The standard InChI is InChI=1S/C62H40N2O/c1-2-15-48-41(14-1)28-29-44-40-45(34-39-49(44)48)51-17-4-8-22-56(51)63(47-37-32-43(33-38-47)52-21-13-27-61-62(52)55-20-7-12-26-60(55)65-61)46-35-30-42(31-36-46)50-16-3-9-23-57(50)64-58-24-10-5-18-53(58)54-19-6-11-25-59(54)64/h1-40H. The van der Waals surface area contributed by atoms with Crippen LogP contribution in [0.15, 0.2) is 247 Å². The van der Waals surface area contributed by atoms with Gasteiger partial charge in [-0.05, 0) is 111 Å². The molecule has 0 aliphatic heterocycles. The fourth-order valence-electron chi connectivity index (χ4n) is 10.2. The summed E-state index contributed by atoms with van der Waals surface area (Å²) >= 11 is 0. The van der Waals surface area contributed by atoms with E-state index in [4.69, 9.17) is 4.42 Å². The summed E-state index contributed by atoms with van der Waals surface area (Å²) in [5.41, 5.74) is 15.5. The molecule has 0 N–H and O–H groups in total. The summed E-state index contributed by atoms with van der Waals surface area (Å²) in [4.78, 5) is 2.40. The third kappa shape index (κ3) is 6.05. The first-order valence-electron chi connectivity index (χ1n) is 22.2. The first kappa shape index (κ1) is 36.9. The van der Waals surface area contributed by atoms with Gasteiger partial charge in [-0.15, -0.1) is 0 Å². The van der Waals surface area contributed by atoms with E-state index in [-0.39, 0.29) is 0 Å². The monoisotopic (exact) mass is 828 g/mol. The Balaban J connectivity index is 0.957. The van der Waals surface area contributed by atoms with Crippen molar-refractivity contribution in [3.63, 3.8) is 0 Å². The number of aromatic nitrogens is 1. The molecular formula is C62H40N2O. The van der Waals surface area contributed by atoms with Gasteiger partial charge < -0.3 is 13.9 Å². The summed E-state index contributed by atoms with van der Waals surface area (Å²) in [5.74, 6) is 0. The van der Waals surface area contributed by atoms with Gasteiger partial charge in [0.1, 0.15) is 11.2 Å². The predicted octanol–water partition coefficient (Wildman–Crippen LogP) is 17.5. The molecule has 0 saturated heterocycles. The van der Waals surface area contributed by atoms with Crippen molar-refractivity contribution in [2.75, 3.05) is 4.90 Å². The topological polar surface area (TPSA) is 21.3 Å². The van der Waals surface area contributed by atoms with Gasteiger partial charge in [0.2, 0.25) is 0 Å².